The van der Waals surface area contributed by atoms with Crippen LogP contribution in [0, 0.1) is 11.8 Å². The average molecular weight is 350 g/mol. The summed E-state index contributed by atoms with van der Waals surface area (Å²) >= 11 is 0. The molecule has 25 heavy (non-hydrogen) atoms. The lowest BCUT2D eigenvalue weighted by atomic mass is 10.2. The standard InChI is InChI=1S/C17H20F2N4O2/c1-4-25-14-10-12-11(16(18)17(19)22-21-12)9-13(14)20-15(24)7-5-6-8-23(2)3/h5,7,9-10H,4,6,8H2,1-3H3,(H,20,24)/b7-5+. The largest absolute Gasteiger partial charge is 0.492 e. The minimum Gasteiger partial charge on any atom is -0.492 e. The van der Waals surface area contributed by atoms with E-state index in [0.29, 0.717) is 18.8 Å². The van der Waals surface area contributed by atoms with Crippen LogP contribution >= 0.6 is 0 Å². The summed E-state index contributed by atoms with van der Waals surface area (Å²) in [6.07, 6.45) is 3.85. The topological polar surface area (TPSA) is 67.4 Å². The van der Waals surface area contributed by atoms with Crippen molar-refractivity contribution in [2.45, 2.75) is 13.3 Å². The Morgan fingerprint density at radius 2 is 2.08 bits per heavy atom. The van der Waals surface area contributed by atoms with Gasteiger partial charge in [-0.25, -0.2) is 4.39 Å². The van der Waals surface area contributed by atoms with Gasteiger partial charge in [-0.2, -0.15) is 4.39 Å². The summed E-state index contributed by atoms with van der Waals surface area (Å²) in [7, 11) is 3.88. The quantitative estimate of drug-likeness (QED) is 0.778. The fraction of sp³-hybridized carbons (Fsp3) is 0.353. The predicted molar refractivity (Wildman–Crippen MR) is 91.6 cm³/mol. The van der Waals surface area contributed by atoms with Crippen molar-refractivity contribution in [1.29, 1.82) is 0 Å². The minimum absolute atomic E-state index is 0.0807. The van der Waals surface area contributed by atoms with E-state index in [-0.39, 0.29) is 22.5 Å². The van der Waals surface area contributed by atoms with Crippen molar-refractivity contribution in [3.63, 3.8) is 0 Å². The number of amides is 1. The van der Waals surface area contributed by atoms with Crippen LogP contribution in [0.15, 0.2) is 24.3 Å². The number of fused-ring (bicyclic) bond motifs is 1. The number of halogens is 2. The molecule has 1 N–H and O–H groups in total. The van der Waals surface area contributed by atoms with Gasteiger partial charge in [0.15, 0.2) is 5.82 Å². The lowest BCUT2D eigenvalue weighted by Crippen LogP contribution is -2.13. The summed E-state index contributed by atoms with van der Waals surface area (Å²) in [5, 5.41) is 9.26. The fourth-order valence-corrected chi connectivity index (χ4v) is 2.15. The maximum atomic E-state index is 13.9. The number of anilines is 1. The van der Waals surface area contributed by atoms with Crippen molar-refractivity contribution >= 4 is 22.5 Å². The minimum atomic E-state index is -1.29. The van der Waals surface area contributed by atoms with Gasteiger partial charge in [-0.05, 0) is 39.6 Å². The van der Waals surface area contributed by atoms with Gasteiger partial charge in [-0.15, -0.1) is 10.2 Å². The van der Waals surface area contributed by atoms with E-state index in [0.717, 1.165) is 6.54 Å². The molecule has 0 unspecified atom stereocenters. The summed E-state index contributed by atoms with van der Waals surface area (Å²) in [5.74, 6) is -2.49. The zero-order valence-corrected chi connectivity index (χ0v) is 14.3. The number of ether oxygens (including phenoxy) is 1. The molecule has 2 aromatic rings. The van der Waals surface area contributed by atoms with Gasteiger partial charge in [0.2, 0.25) is 5.91 Å². The van der Waals surface area contributed by atoms with Crippen LogP contribution < -0.4 is 10.1 Å². The van der Waals surface area contributed by atoms with Gasteiger partial charge in [0, 0.05) is 18.0 Å². The van der Waals surface area contributed by atoms with Gasteiger partial charge in [-0.1, -0.05) is 6.08 Å². The summed E-state index contributed by atoms with van der Waals surface area (Å²) in [6, 6.07) is 2.71. The molecular formula is C17H20F2N4O2. The Labute approximate surface area is 144 Å². The SMILES string of the molecule is CCOc1cc2nnc(F)c(F)c2cc1NC(=O)/C=C/CCN(C)C. The molecule has 1 heterocycles. The second-order valence-corrected chi connectivity index (χ2v) is 5.59. The van der Waals surface area contributed by atoms with Crippen LogP contribution in [0.25, 0.3) is 10.9 Å². The number of benzene rings is 1. The van der Waals surface area contributed by atoms with Crippen molar-refractivity contribution < 1.29 is 18.3 Å². The molecule has 1 aromatic heterocycles. The van der Waals surface area contributed by atoms with E-state index >= 15 is 0 Å². The maximum Gasteiger partial charge on any atom is 0.269 e. The van der Waals surface area contributed by atoms with Gasteiger partial charge in [-0.3, -0.25) is 4.79 Å². The Bertz CT molecular complexity index is 794. The second-order valence-electron chi connectivity index (χ2n) is 5.59. The summed E-state index contributed by atoms with van der Waals surface area (Å²) in [4.78, 5) is 14.0. The molecule has 0 radical (unpaired) electrons. The van der Waals surface area contributed by atoms with Crippen LogP contribution in [0.3, 0.4) is 0 Å². The molecule has 0 aliphatic heterocycles. The van der Waals surface area contributed by atoms with Gasteiger partial charge >= 0.3 is 0 Å². The molecule has 1 amide bonds. The summed E-state index contributed by atoms with van der Waals surface area (Å²) < 4.78 is 32.6. The van der Waals surface area contributed by atoms with E-state index in [4.69, 9.17) is 4.74 Å². The molecule has 134 valence electrons. The number of carbonyl (C=O) groups is 1. The van der Waals surface area contributed by atoms with Gasteiger partial charge in [0.05, 0.1) is 17.8 Å². The molecule has 0 aliphatic rings. The van der Waals surface area contributed by atoms with Gasteiger partial charge in [0.1, 0.15) is 5.75 Å². The smallest absolute Gasteiger partial charge is 0.269 e. The number of aromatic nitrogens is 2. The van der Waals surface area contributed by atoms with E-state index in [2.05, 4.69) is 15.5 Å². The van der Waals surface area contributed by atoms with E-state index in [9.17, 15) is 13.6 Å². The third-order valence-corrected chi connectivity index (χ3v) is 3.33. The van der Waals surface area contributed by atoms with Crippen molar-refractivity contribution in [1.82, 2.24) is 15.1 Å². The lowest BCUT2D eigenvalue weighted by Gasteiger charge is -2.12. The van der Waals surface area contributed by atoms with E-state index in [1.165, 1.54) is 18.2 Å². The molecule has 8 heteroatoms. The lowest BCUT2D eigenvalue weighted by molar-refractivity contribution is -0.111. The molecule has 0 saturated carbocycles. The number of hydrogen-bond donors (Lipinski definition) is 1. The molecule has 1 aromatic carbocycles. The van der Waals surface area contributed by atoms with Crippen LogP contribution in [0.5, 0.6) is 5.75 Å². The summed E-state index contributed by atoms with van der Waals surface area (Å²) in [5.41, 5.74) is 0.379. The Kier molecular flexibility index (Phi) is 6.35. The molecule has 2 rings (SSSR count). The second kappa shape index (κ2) is 8.48. The van der Waals surface area contributed by atoms with Crippen molar-refractivity contribution in [3.8, 4) is 5.75 Å². The number of rotatable bonds is 7. The van der Waals surface area contributed by atoms with Crippen molar-refractivity contribution in [2.24, 2.45) is 0 Å². The highest BCUT2D eigenvalue weighted by molar-refractivity contribution is 6.02. The number of nitrogens with zero attached hydrogens (tertiary/aromatic N) is 3. The normalized spacial score (nSPS) is 11.4. The molecule has 0 fully saturated rings. The number of nitrogens with one attached hydrogen (secondary N) is 1. The first-order valence-corrected chi connectivity index (χ1v) is 7.82. The van der Waals surface area contributed by atoms with Gasteiger partial charge in [0.25, 0.3) is 5.95 Å². The van der Waals surface area contributed by atoms with E-state index in [1.54, 1.807) is 13.0 Å². The van der Waals surface area contributed by atoms with E-state index in [1.807, 2.05) is 19.0 Å². The fourth-order valence-electron chi connectivity index (χ4n) is 2.15. The highest BCUT2D eigenvalue weighted by atomic mass is 19.2. The molecule has 0 atom stereocenters. The Hall–Kier alpha value is -2.61. The molecular weight excluding hydrogens is 330 g/mol. The molecule has 0 aliphatic carbocycles. The molecule has 0 saturated heterocycles. The molecule has 0 spiro atoms. The third-order valence-electron chi connectivity index (χ3n) is 3.33. The number of carbonyl (C=O) groups excluding carboxylic acids is 1. The highest BCUT2D eigenvalue weighted by Gasteiger charge is 2.15. The monoisotopic (exact) mass is 350 g/mol. The first kappa shape index (κ1) is 18.7. The van der Waals surface area contributed by atoms with Crippen LogP contribution in [0.4, 0.5) is 14.5 Å². The maximum absolute atomic E-state index is 13.9. The van der Waals surface area contributed by atoms with Crippen molar-refractivity contribution in [3.05, 3.63) is 36.0 Å². The zero-order valence-electron chi connectivity index (χ0n) is 14.3. The van der Waals surface area contributed by atoms with Crippen LogP contribution in [-0.4, -0.2) is 48.3 Å². The Balaban J connectivity index is 2.27. The van der Waals surface area contributed by atoms with Crippen LogP contribution in [0.2, 0.25) is 0 Å². The van der Waals surface area contributed by atoms with Crippen LogP contribution in [-0.2, 0) is 4.79 Å². The third kappa shape index (κ3) is 4.93. The first-order valence-electron chi connectivity index (χ1n) is 7.82. The highest BCUT2D eigenvalue weighted by Crippen LogP contribution is 2.31. The molecule has 0 bridgehead atoms. The first-order chi connectivity index (χ1) is 11.9. The average Bonchev–Trinajstić information content (AvgIpc) is 2.56. The van der Waals surface area contributed by atoms with Crippen molar-refractivity contribution in [2.75, 3.05) is 32.6 Å². The molecule has 6 nitrogen and oxygen atoms in total. The Morgan fingerprint density at radius 3 is 2.76 bits per heavy atom. The predicted octanol–water partition coefficient (Wildman–Crippen LogP) is 2.75. The summed E-state index contributed by atoms with van der Waals surface area (Å²) in [6.45, 7) is 2.92. The van der Waals surface area contributed by atoms with E-state index < -0.39 is 11.8 Å². The zero-order chi connectivity index (χ0) is 18.4. The van der Waals surface area contributed by atoms with Gasteiger partial charge < -0.3 is 15.0 Å². The Morgan fingerprint density at radius 1 is 1.32 bits per heavy atom. The van der Waals surface area contributed by atoms with Crippen LogP contribution in [0.1, 0.15) is 13.3 Å². The number of hydrogen-bond acceptors (Lipinski definition) is 5.